The Kier molecular flexibility index (Phi) is 2.33. The van der Waals surface area contributed by atoms with E-state index >= 15 is 0 Å². The average molecular weight is 233 g/mol. The second-order valence-corrected chi connectivity index (χ2v) is 2.50. The highest BCUT2D eigenvalue weighted by Crippen LogP contribution is 2.09. The fourth-order valence-electron chi connectivity index (χ4n) is 0.617. The molecule has 0 unspecified atom stereocenters. The molecule has 0 saturated heterocycles. The fraction of sp³-hybridized carbons (Fsp3) is 0.143. The van der Waals surface area contributed by atoms with Gasteiger partial charge in [-0.25, -0.2) is 0 Å². The van der Waals surface area contributed by atoms with Crippen LogP contribution in [0.5, 0.6) is 0 Å². The zero-order chi connectivity index (χ0) is 6.69. The summed E-state index contributed by atoms with van der Waals surface area (Å²) in [5, 5.41) is 0. The number of halogens is 1. The summed E-state index contributed by atoms with van der Waals surface area (Å²) in [4.78, 5) is 0. The Balaban J connectivity index is 2.88. The van der Waals surface area contributed by atoms with E-state index in [1.54, 1.807) is 0 Å². The van der Waals surface area contributed by atoms with Crippen LogP contribution in [-0.2, 0) is 0 Å². The van der Waals surface area contributed by atoms with Crippen molar-refractivity contribution in [2.75, 3.05) is 3.53 Å². The zero-order valence-corrected chi connectivity index (χ0v) is 7.34. The molecule has 9 heavy (non-hydrogen) atoms. The normalized spacial score (nSPS) is 9.11. The van der Waals surface area contributed by atoms with Crippen LogP contribution in [0.15, 0.2) is 24.3 Å². The molecule has 0 heterocycles. The van der Waals surface area contributed by atoms with Gasteiger partial charge in [0.05, 0.1) is 22.9 Å². The quantitative estimate of drug-likeness (QED) is 0.580. The van der Waals surface area contributed by atoms with Gasteiger partial charge in [0.1, 0.15) is 0 Å². The molecule has 2 heteroatoms. The van der Waals surface area contributed by atoms with Crippen LogP contribution in [0, 0.1) is 6.92 Å². The Hall–Kier alpha value is -0.250. The molecule has 0 spiro atoms. The molecule has 0 atom stereocenters. The maximum absolute atomic E-state index is 3.02. The Labute approximate surface area is 69.0 Å². The summed E-state index contributed by atoms with van der Waals surface area (Å²) >= 11 is 2.12. The predicted molar refractivity (Wildman–Crippen MR) is 48.8 cm³/mol. The Morgan fingerprint density at radius 1 is 1.22 bits per heavy atom. The van der Waals surface area contributed by atoms with Gasteiger partial charge in [0.15, 0.2) is 0 Å². The predicted octanol–water partition coefficient (Wildman–Crippen LogP) is 2.76. The Bertz CT molecular complexity index is 181. The maximum Gasteiger partial charge on any atom is 0.0560 e. The number of hydrogen-bond acceptors (Lipinski definition) is 1. The number of anilines is 1. The third kappa shape index (κ3) is 1.86. The van der Waals surface area contributed by atoms with E-state index in [0.717, 1.165) is 5.69 Å². The van der Waals surface area contributed by atoms with E-state index < -0.39 is 0 Å². The van der Waals surface area contributed by atoms with Gasteiger partial charge in [-0.15, -0.1) is 0 Å². The molecule has 0 amide bonds. The number of benzene rings is 1. The minimum Gasteiger partial charge on any atom is -0.328 e. The van der Waals surface area contributed by atoms with E-state index in [-0.39, 0.29) is 0 Å². The average Bonchev–Trinajstić information content (AvgIpc) is 1.90. The summed E-state index contributed by atoms with van der Waals surface area (Å²) in [6, 6.07) is 8.28. The van der Waals surface area contributed by atoms with Crippen molar-refractivity contribution in [3.63, 3.8) is 0 Å². The summed E-state index contributed by atoms with van der Waals surface area (Å²) in [6.07, 6.45) is 0. The first kappa shape index (κ1) is 6.86. The molecule has 1 N–H and O–H groups in total. The monoisotopic (exact) mass is 233 g/mol. The summed E-state index contributed by atoms with van der Waals surface area (Å²) in [7, 11) is 0. The van der Waals surface area contributed by atoms with Crippen LogP contribution in [0.4, 0.5) is 5.69 Å². The lowest BCUT2D eigenvalue weighted by Crippen LogP contribution is -1.77. The first-order valence-corrected chi connectivity index (χ1v) is 3.84. The molecule has 1 nitrogen and oxygen atoms in total. The van der Waals surface area contributed by atoms with E-state index in [1.807, 2.05) is 0 Å². The Morgan fingerprint density at radius 3 is 2.22 bits per heavy atom. The van der Waals surface area contributed by atoms with Crippen LogP contribution < -0.4 is 3.53 Å². The van der Waals surface area contributed by atoms with Crippen LogP contribution in [0.3, 0.4) is 0 Å². The molecular weight excluding hydrogens is 225 g/mol. The van der Waals surface area contributed by atoms with Crippen molar-refractivity contribution in [1.82, 2.24) is 0 Å². The first-order valence-electron chi connectivity index (χ1n) is 2.76. The molecule has 0 aliphatic carbocycles. The van der Waals surface area contributed by atoms with Gasteiger partial charge in [-0.05, 0) is 19.1 Å². The van der Waals surface area contributed by atoms with Crippen molar-refractivity contribution >= 4 is 28.6 Å². The molecule has 1 rings (SSSR count). The molecule has 0 aliphatic rings. The van der Waals surface area contributed by atoms with Crippen LogP contribution in [-0.4, -0.2) is 0 Å². The summed E-state index contributed by atoms with van der Waals surface area (Å²) in [5.41, 5.74) is 2.45. The number of rotatable bonds is 1. The summed E-state index contributed by atoms with van der Waals surface area (Å²) < 4.78 is 3.02. The molecular formula is C7H8IN. The molecule has 1 aromatic carbocycles. The van der Waals surface area contributed by atoms with Gasteiger partial charge < -0.3 is 3.53 Å². The number of hydrogen-bond donors (Lipinski definition) is 1. The van der Waals surface area contributed by atoms with Gasteiger partial charge in [-0.1, -0.05) is 17.7 Å². The second-order valence-electron chi connectivity index (χ2n) is 1.96. The molecule has 48 valence electrons. The third-order valence-electron chi connectivity index (χ3n) is 1.16. The number of aryl methyl sites for hydroxylation is 1. The second kappa shape index (κ2) is 3.06. The van der Waals surface area contributed by atoms with Gasteiger partial charge in [0.2, 0.25) is 0 Å². The van der Waals surface area contributed by atoms with Crippen molar-refractivity contribution in [3.05, 3.63) is 29.8 Å². The van der Waals surface area contributed by atoms with Gasteiger partial charge >= 0.3 is 0 Å². The molecule has 0 bridgehead atoms. The van der Waals surface area contributed by atoms with E-state index in [4.69, 9.17) is 0 Å². The van der Waals surface area contributed by atoms with Crippen molar-refractivity contribution < 1.29 is 0 Å². The molecule has 0 aliphatic heterocycles. The standard InChI is InChI=1S/C7H8IN/c1-6-2-4-7(9-8)5-3-6/h2-5,9H,1H3. The summed E-state index contributed by atoms with van der Waals surface area (Å²) in [6.45, 7) is 2.08. The van der Waals surface area contributed by atoms with E-state index in [0.29, 0.717) is 0 Å². The largest absolute Gasteiger partial charge is 0.328 e. The third-order valence-corrected chi connectivity index (χ3v) is 1.78. The topological polar surface area (TPSA) is 12.0 Å². The highest BCUT2D eigenvalue weighted by molar-refractivity contribution is 14.1. The highest BCUT2D eigenvalue weighted by Gasteiger charge is 1.84. The van der Waals surface area contributed by atoms with Crippen LogP contribution in [0.25, 0.3) is 0 Å². The van der Waals surface area contributed by atoms with E-state index in [1.165, 1.54) is 5.56 Å². The zero-order valence-electron chi connectivity index (χ0n) is 5.19. The molecule has 1 aromatic rings. The molecule has 0 saturated carbocycles. The van der Waals surface area contributed by atoms with Crippen LogP contribution >= 0.6 is 22.9 Å². The van der Waals surface area contributed by atoms with Gasteiger partial charge in [0.25, 0.3) is 0 Å². The summed E-state index contributed by atoms with van der Waals surface area (Å²) in [5.74, 6) is 0. The van der Waals surface area contributed by atoms with Crippen LogP contribution in [0.1, 0.15) is 5.56 Å². The smallest absolute Gasteiger partial charge is 0.0560 e. The molecule has 0 aromatic heterocycles. The highest BCUT2D eigenvalue weighted by atomic mass is 127. The van der Waals surface area contributed by atoms with Gasteiger partial charge in [-0.3, -0.25) is 0 Å². The first-order chi connectivity index (χ1) is 4.33. The Morgan fingerprint density at radius 2 is 1.78 bits per heavy atom. The van der Waals surface area contributed by atoms with Gasteiger partial charge in [-0.2, -0.15) is 0 Å². The molecule has 0 fully saturated rings. The van der Waals surface area contributed by atoms with Crippen molar-refractivity contribution in [1.29, 1.82) is 0 Å². The maximum atomic E-state index is 3.02. The molecule has 0 radical (unpaired) electrons. The fourth-order valence-corrected chi connectivity index (χ4v) is 0.976. The minimum absolute atomic E-state index is 1.15. The van der Waals surface area contributed by atoms with Crippen LogP contribution in [0.2, 0.25) is 0 Å². The SMILES string of the molecule is Cc1ccc(NI)cc1. The van der Waals surface area contributed by atoms with Crippen molar-refractivity contribution in [2.24, 2.45) is 0 Å². The minimum atomic E-state index is 1.15. The lowest BCUT2D eigenvalue weighted by molar-refractivity contribution is 1.48. The lowest BCUT2D eigenvalue weighted by Gasteiger charge is -1.95. The van der Waals surface area contributed by atoms with Crippen molar-refractivity contribution in [3.8, 4) is 0 Å². The van der Waals surface area contributed by atoms with Gasteiger partial charge in [0, 0.05) is 5.69 Å². The van der Waals surface area contributed by atoms with Crippen molar-refractivity contribution in [2.45, 2.75) is 6.92 Å². The number of nitrogens with one attached hydrogen (secondary N) is 1. The lowest BCUT2D eigenvalue weighted by atomic mass is 10.2. The van der Waals surface area contributed by atoms with E-state index in [9.17, 15) is 0 Å². The van der Waals surface area contributed by atoms with E-state index in [2.05, 4.69) is 57.6 Å².